The molecule has 2 saturated carbocycles. The molecule has 0 aromatic rings. The number of carbonyl (C=O) groups is 1. The van der Waals surface area contributed by atoms with Crippen molar-refractivity contribution in [1.82, 2.24) is 0 Å². The van der Waals surface area contributed by atoms with Gasteiger partial charge < -0.3 is 18.0 Å². The van der Waals surface area contributed by atoms with Crippen LogP contribution in [0.5, 0.6) is 0 Å². The molecule has 114 valence electrons. The highest BCUT2D eigenvalue weighted by Gasteiger charge is 2.67. The van der Waals surface area contributed by atoms with Crippen molar-refractivity contribution < 1.29 is 22.8 Å². The molecule has 2 fully saturated rings. The topological polar surface area (TPSA) is 54.0 Å². The monoisotopic (exact) mass is 300 g/mol. The van der Waals surface area contributed by atoms with E-state index in [0.717, 1.165) is 25.7 Å². The summed E-state index contributed by atoms with van der Waals surface area (Å²) in [5.41, 5.74) is 0. The lowest BCUT2D eigenvalue weighted by Crippen LogP contribution is -2.53. The smallest absolute Gasteiger partial charge is 0.462 e. The Labute approximate surface area is 121 Å². The molecule has 0 heterocycles. The molecular weight excluding hydrogens is 276 g/mol. The van der Waals surface area contributed by atoms with Gasteiger partial charge in [-0.05, 0) is 37.5 Å². The summed E-state index contributed by atoms with van der Waals surface area (Å²) in [4.78, 5) is 11.2. The molecule has 2 aliphatic rings. The van der Waals surface area contributed by atoms with Gasteiger partial charge >= 0.3 is 14.8 Å². The normalized spacial score (nSPS) is 32.4. The number of rotatable bonds is 7. The summed E-state index contributed by atoms with van der Waals surface area (Å²) in [5, 5.41) is -0.0127. The molecule has 0 amide bonds. The second kappa shape index (κ2) is 5.97. The number of carbonyl (C=O) groups excluding carboxylic acids is 1. The molecule has 2 aliphatic carbocycles. The van der Waals surface area contributed by atoms with Crippen LogP contribution < -0.4 is 0 Å². The van der Waals surface area contributed by atoms with Crippen molar-refractivity contribution in [2.24, 2.45) is 11.8 Å². The first-order valence-electron chi connectivity index (χ1n) is 7.01. The maximum atomic E-state index is 11.2. The first kappa shape index (κ1) is 15.7. The Hall–Kier alpha value is -0.693. The highest BCUT2D eigenvalue weighted by atomic mass is 28.4. The zero-order chi connectivity index (χ0) is 14.8. The Morgan fingerprint density at radius 3 is 2.50 bits per heavy atom. The minimum atomic E-state index is -2.66. The molecular formula is C14H24O5Si. The minimum Gasteiger partial charge on any atom is -0.462 e. The van der Waals surface area contributed by atoms with Gasteiger partial charge in [-0.25, -0.2) is 4.79 Å². The highest BCUT2D eigenvalue weighted by molar-refractivity contribution is 6.64. The van der Waals surface area contributed by atoms with Crippen LogP contribution in [0.2, 0.25) is 5.04 Å². The molecule has 3 unspecified atom stereocenters. The number of esters is 1. The van der Waals surface area contributed by atoms with Gasteiger partial charge in [0, 0.05) is 32.4 Å². The number of hydrogen-bond acceptors (Lipinski definition) is 5. The van der Waals surface area contributed by atoms with Gasteiger partial charge in [0.15, 0.2) is 0 Å². The maximum Gasteiger partial charge on any atom is 0.506 e. The second-order valence-electron chi connectivity index (χ2n) is 5.75. The predicted molar refractivity (Wildman–Crippen MR) is 76.1 cm³/mol. The molecule has 0 spiro atoms. The number of ether oxygens (including phenoxy) is 1. The average molecular weight is 300 g/mol. The zero-order valence-electron chi connectivity index (χ0n) is 12.5. The van der Waals surface area contributed by atoms with Gasteiger partial charge in [0.05, 0.1) is 6.61 Å². The van der Waals surface area contributed by atoms with E-state index in [1.54, 1.807) is 21.3 Å². The third-order valence-electron chi connectivity index (χ3n) is 5.03. The molecule has 0 radical (unpaired) electrons. The van der Waals surface area contributed by atoms with Crippen molar-refractivity contribution in [3.63, 3.8) is 0 Å². The van der Waals surface area contributed by atoms with E-state index in [1.807, 2.05) is 0 Å². The van der Waals surface area contributed by atoms with Crippen molar-refractivity contribution in [1.29, 1.82) is 0 Å². The summed E-state index contributed by atoms with van der Waals surface area (Å²) in [7, 11) is 2.36. The molecule has 6 heteroatoms. The molecule has 5 nitrogen and oxygen atoms in total. The van der Waals surface area contributed by atoms with Crippen molar-refractivity contribution in [2.75, 3.05) is 27.9 Å². The first-order valence-corrected chi connectivity index (χ1v) is 8.73. The number of hydrogen-bond donors (Lipinski definition) is 0. The van der Waals surface area contributed by atoms with Crippen LogP contribution in [-0.4, -0.2) is 42.7 Å². The first-order chi connectivity index (χ1) is 9.56. The summed E-state index contributed by atoms with van der Waals surface area (Å²) >= 11 is 0. The third-order valence-corrected chi connectivity index (χ3v) is 8.60. The van der Waals surface area contributed by atoms with Crippen molar-refractivity contribution in [3.8, 4) is 0 Å². The fourth-order valence-corrected chi connectivity index (χ4v) is 7.44. The predicted octanol–water partition coefficient (Wildman–Crippen LogP) is 2.15. The van der Waals surface area contributed by atoms with Crippen molar-refractivity contribution >= 4 is 14.8 Å². The molecule has 20 heavy (non-hydrogen) atoms. The highest BCUT2D eigenvalue weighted by Crippen LogP contribution is 2.66. The van der Waals surface area contributed by atoms with E-state index in [0.29, 0.717) is 18.4 Å². The quantitative estimate of drug-likeness (QED) is 0.410. The van der Waals surface area contributed by atoms with Gasteiger partial charge in [0.1, 0.15) is 0 Å². The summed E-state index contributed by atoms with van der Waals surface area (Å²) < 4.78 is 22.3. The maximum absolute atomic E-state index is 11.2. The minimum absolute atomic E-state index is 0.0127. The standard InChI is InChI=1S/C14H24O5Si/c1-5-13(15)19-10-12-9-14(7-6-11(12)8-14)20(16-2,17-3)18-4/h5,11-12H,1,6-10H2,2-4H3. The Morgan fingerprint density at radius 1 is 1.30 bits per heavy atom. The lowest BCUT2D eigenvalue weighted by Gasteiger charge is -2.40. The van der Waals surface area contributed by atoms with E-state index in [-0.39, 0.29) is 11.0 Å². The van der Waals surface area contributed by atoms with Crippen LogP contribution in [-0.2, 0) is 22.8 Å². The van der Waals surface area contributed by atoms with Crippen LogP contribution in [0.3, 0.4) is 0 Å². The largest absolute Gasteiger partial charge is 0.506 e. The van der Waals surface area contributed by atoms with Gasteiger partial charge in [-0.2, -0.15) is 0 Å². The summed E-state index contributed by atoms with van der Waals surface area (Å²) in [6.45, 7) is 3.88. The van der Waals surface area contributed by atoms with Crippen LogP contribution in [0.15, 0.2) is 12.7 Å². The molecule has 0 aliphatic heterocycles. The van der Waals surface area contributed by atoms with Gasteiger partial charge in [-0.1, -0.05) is 6.58 Å². The van der Waals surface area contributed by atoms with E-state index in [2.05, 4.69) is 6.58 Å². The second-order valence-corrected chi connectivity index (χ2v) is 9.15. The Morgan fingerprint density at radius 2 is 1.95 bits per heavy atom. The van der Waals surface area contributed by atoms with E-state index in [9.17, 15) is 4.79 Å². The fraction of sp³-hybridized carbons (Fsp3) is 0.786. The molecule has 3 atom stereocenters. The van der Waals surface area contributed by atoms with E-state index >= 15 is 0 Å². The summed E-state index contributed by atoms with van der Waals surface area (Å²) in [6.07, 6.45) is 5.41. The molecule has 0 saturated heterocycles. The van der Waals surface area contributed by atoms with Gasteiger partial charge in [-0.3, -0.25) is 0 Å². The summed E-state index contributed by atoms with van der Waals surface area (Å²) in [5.74, 6) is 0.593. The van der Waals surface area contributed by atoms with Crippen LogP contribution in [0.25, 0.3) is 0 Å². The Kier molecular flexibility index (Phi) is 4.68. The average Bonchev–Trinajstić information content (AvgIpc) is 3.06. The van der Waals surface area contributed by atoms with Crippen LogP contribution in [0.1, 0.15) is 25.7 Å². The third kappa shape index (κ3) is 2.34. The van der Waals surface area contributed by atoms with E-state index in [1.165, 1.54) is 6.08 Å². The zero-order valence-corrected chi connectivity index (χ0v) is 13.5. The lowest BCUT2D eigenvalue weighted by atomic mass is 9.89. The van der Waals surface area contributed by atoms with E-state index < -0.39 is 8.80 Å². The Balaban J connectivity index is 2.08. The van der Waals surface area contributed by atoms with Crippen molar-refractivity contribution in [2.45, 2.75) is 30.7 Å². The molecule has 0 aromatic carbocycles. The number of fused-ring (bicyclic) bond motifs is 2. The van der Waals surface area contributed by atoms with Gasteiger partial charge in [-0.15, -0.1) is 0 Å². The fourth-order valence-electron chi connectivity index (χ4n) is 4.17. The molecule has 0 aromatic heterocycles. The van der Waals surface area contributed by atoms with E-state index in [4.69, 9.17) is 18.0 Å². The van der Waals surface area contributed by atoms with Gasteiger partial charge in [0.2, 0.25) is 0 Å². The van der Waals surface area contributed by atoms with Gasteiger partial charge in [0.25, 0.3) is 0 Å². The Bertz CT molecular complexity index is 373. The van der Waals surface area contributed by atoms with Crippen LogP contribution in [0.4, 0.5) is 0 Å². The molecule has 2 rings (SSSR count). The molecule has 0 N–H and O–H groups in total. The molecule has 2 bridgehead atoms. The van der Waals surface area contributed by atoms with Crippen LogP contribution in [0, 0.1) is 11.8 Å². The van der Waals surface area contributed by atoms with Crippen LogP contribution >= 0.6 is 0 Å². The SMILES string of the molecule is C=CC(=O)OCC1CC2([Si](OC)(OC)OC)CCC1C2. The van der Waals surface area contributed by atoms with Crippen molar-refractivity contribution in [3.05, 3.63) is 12.7 Å². The summed E-state index contributed by atoms with van der Waals surface area (Å²) in [6, 6.07) is 0. The lowest BCUT2D eigenvalue weighted by molar-refractivity contribution is -0.139.